The van der Waals surface area contributed by atoms with Crippen LogP contribution in [0.2, 0.25) is 10.0 Å². The SMILES string of the molecule is CCSC1=C(C#N)C(c2ccc(Cl)cc2Cl)C=C(C)N1. The van der Waals surface area contributed by atoms with E-state index in [2.05, 4.69) is 18.3 Å². The molecule has 5 heteroatoms. The Morgan fingerprint density at radius 1 is 1.40 bits per heavy atom. The van der Waals surface area contributed by atoms with Gasteiger partial charge in [0, 0.05) is 21.7 Å². The third kappa shape index (κ3) is 3.15. The number of dihydropyridines is 1. The van der Waals surface area contributed by atoms with E-state index in [4.69, 9.17) is 23.2 Å². The molecule has 0 bridgehead atoms. The molecule has 104 valence electrons. The molecular formula is C15H14Cl2N2S. The zero-order valence-corrected chi connectivity index (χ0v) is 13.5. The molecule has 0 amide bonds. The topological polar surface area (TPSA) is 35.8 Å². The molecule has 1 aromatic rings. The van der Waals surface area contributed by atoms with Crippen molar-refractivity contribution >= 4 is 35.0 Å². The van der Waals surface area contributed by atoms with E-state index in [9.17, 15) is 5.26 Å². The molecule has 0 radical (unpaired) electrons. The second-order valence-electron chi connectivity index (χ2n) is 4.41. The molecule has 2 nitrogen and oxygen atoms in total. The van der Waals surface area contributed by atoms with Crippen LogP contribution in [0.3, 0.4) is 0 Å². The number of hydrogen-bond donors (Lipinski definition) is 1. The van der Waals surface area contributed by atoms with Gasteiger partial charge in [-0.15, -0.1) is 11.8 Å². The van der Waals surface area contributed by atoms with Gasteiger partial charge in [0.2, 0.25) is 0 Å². The van der Waals surface area contributed by atoms with E-state index >= 15 is 0 Å². The smallest absolute Gasteiger partial charge is 0.0984 e. The standard InChI is InChI=1S/C15H14Cl2N2S/c1-3-20-15-13(8-18)12(6-9(2)19-15)11-5-4-10(16)7-14(11)17/h4-7,12,19H,3H2,1-2H3. The third-order valence-electron chi connectivity index (χ3n) is 2.99. The van der Waals surface area contributed by atoms with Gasteiger partial charge in [0.1, 0.15) is 0 Å². The Morgan fingerprint density at radius 2 is 2.15 bits per heavy atom. The van der Waals surface area contributed by atoms with Crippen LogP contribution in [0.25, 0.3) is 0 Å². The van der Waals surface area contributed by atoms with E-state index in [0.717, 1.165) is 22.0 Å². The lowest BCUT2D eigenvalue weighted by Gasteiger charge is -2.24. The fourth-order valence-electron chi connectivity index (χ4n) is 2.14. The first-order valence-electron chi connectivity index (χ1n) is 6.24. The number of rotatable bonds is 3. The summed E-state index contributed by atoms with van der Waals surface area (Å²) in [5.74, 6) is 0.780. The van der Waals surface area contributed by atoms with Gasteiger partial charge < -0.3 is 5.32 Å². The maximum absolute atomic E-state index is 9.49. The van der Waals surface area contributed by atoms with Gasteiger partial charge in [-0.05, 0) is 30.4 Å². The van der Waals surface area contributed by atoms with Crippen LogP contribution < -0.4 is 5.32 Å². The predicted octanol–water partition coefficient (Wildman–Crippen LogP) is 5.07. The number of thioether (sulfide) groups is 1. The van der Waals surface area contributed by atoms with Crippen LogP contribution in [-0.4, -0.2) is 5.75 Å². The van der Waals surface area contributed by atoms with Crippen molar-refractivity contribution < 1.29 is 0 Å². The summed E-state index contributed by atoms with van der Waals surface area (Å²) in [5, 5.41) is 14.8. The van der Waals surface area contributed by atoms with Crippen molar-refractivity contribution in [3.8, 4) is 6.07 Å². The molecule has 0 saturated carbocycles. The van der Waals surface area contributed by atoms with E-state index < -0.39 is 0 Å². The van der Waals surface area contributed by atoms with Crippen LogP contribution >= 0.6 is 35.0 Å². The Balaban J connectivity index is 2.52. The Kier molecular flexibility index (Phi) is 5.04. The molecule has 2 rings (SSSR count). The van der Waals surface area contributed by atoms with Gasteiger partial charge in [-0.25, -0.2) is 0 Å². The van der Waals surface area contributed by atoms with Crippen LogP contribution in [0, 0.1) is 11.3 Å². The minimum absolute atomic E-state index is 0.125. The molecule has 20 heavy (non-hydrogen) atoms. The summed E-state index contributed by atoms with van der Waals surface area (Å²) in [6, 6.07) is 7.71. The quantitative estimate of drug-likeness (QED) is 0.842. The number of nitriles is 1. The van der Waals surface area contributed by atoms with Crippen molar-refractivity contribution in [2.75, 3.05) is 5.75 Å². The van der Waals surface area contributed by atoms with Crippen molar-refractivity contribution in [3.05, 3.63) is 56.2 Å². The summed E-state index contributed by atoms with van der Waals surface area (Å²) < 4.78 is 0. The summed E-state index contributed by atoms with van der Waals surface area (Å²) in [7, 11) is 0. The van der Waals surface area contributed by atoms with E-state index in [-0.39, 0.29) is 5.92 Å². The highest BCUT2D eigenvalue weighted by Crippen LogP contribution is 2.38. The zero-order chi connectivity index (χ0) is 14.7. The maximum Gasteiger partial charge on any atom is 0.0984 e. The van der Waals surface area contributed by atoms with Crippen LogP contribution in [0.1, 0.15) is 25.3 Å². The lowest BCUT2D eigenvalue weighted by Crippen LogP contribution is -2.19. The van der Waals surface area contributed by atoms with Crippen molar-refractivity contribution in [2.24, 2.45) is 0 Å². The average molecular weight is 325 g/mol. The minimum Gasteiger partial charge on any atom is -0.353 e. The highest BCUT2D eigenvalue weighted by atomic mass is 35.5. The first kappa shape index (κ1) is 15.3. The molecule has 0 fully saturated rings. The molecule has 1 aromatic carbocycles. The van der Waals surface area contributed by atoms with Gasteiger partial charge in [-0.2, -0.15) is 5.26 Å². The molecule has 1 unspecified atom stereocenters. The first-order chi connectivity index (χ1) is 9.56. The highest BCUT2D eigenvalue weighted by molar-refractivity contribution is 8.03. The molecule has 0 saturated heterocycles. The summed E-state index contributed by atoms with van der Waals surface area (Å²) in [6.45, 7) is 4.05. The number of allylic oxidation sites excluding steroid dienone is 3. The molecule has 1 aliphatic heterocycles. The summed E-state index contributed by atoms with van der Waals surface area (Å²) in [4.78, 5) is 0. The van der Waals surface area contributed by atoms with Crippen LogP contribution in [0.15, 0.2) is 40.6 Å². The lowest BCUT2D eigenvalue weighted by atomic mass is 9.89. The van der Waals surface area contributed by atoms with Crippen LogP contribution in [0.4, 0.5) is 0 Å². The lowest BCUT2D eigenvalue weighted by molar-refractivity contribution is 0.886. The van der Waals surface area contributed by atoms with Gasteiger partial charge >= 0.3 is 0 Å². The molecule has 0 spiro atoms. The molecule has 1 heterocycles. The summed E-state index contributed by atoms with van der Waals surface area (Å²) in [6.07, 6.45) is 2.02. The number of benzene rings is 1. The van der Waals surface area contributed by atoms with Gasteiger partial charge in [-0.3, -0.25) is 0 Å². The number of nitrogens with one attached hydrogen (secondary N) is 1. The fraction of sp³-hybridized carbons (Fsp3) is 0.267. The Labute approximate surface area is 133 Å². The Hall–Kier alpha value is -1.08. The van der Waals surface area contributed by atoms with Crippen LogP contribution in [0.5, 0.6) is 0 Å². The Bertz CT molecular complexity index is 629. The zero-order valence-electron chi connectivity index (χ0n) is 11.2. The van der Waals surface area contributed by atoms with Gasteiger partial charge in [0.05, 0.1) is 16.7 Å². The average Bonchev–Trinajstić information content (AvgIpc) is 2.38. The molecule has 1 atom stereocenters. The minimum atomic E-state index is -0.125. The number of nitrogens with zero attached hydrogens (tertiary/aromatic N) is 1. The second kappa shape index (κ2) is 6.58. The van der Waals surface area contributed by atoms with E-state index in [1.54, 1.807) is 23.9 Å². The summed E-state index contributed by atoms with van der Waals surface area (Å²) >= 11 is 13.9. The van der Waals surface area contributed by atoms with E-state index in [1.807, 2.05) is 19.1 Å². The molecule has 0 aromatic heterocycles. The fourth-order valence-corrected chi connectivity index (χ4v) is 3.52. The van der Waals surface area contributed by atoms with E-state index in [0.29, 0.717) is 15.6 Å². The second-order valence-corrected chi connectivity index (χ2v) is 6.52. The van der Waals surface area contributed by atoms with Crippen molar-refractivity contribution in [1.82, 2.24) is 5.32 Å². The highest BCUT2D eigenvalue weighted by Gasteiger charge is 2.25. The normalized spacial score (nSPS) is 18.4. The van der Waals surface area contributed by atoms with Gasteiger partial charge in [0.25, 0.3) is 0 Å². The van der Waals surface area contributed by atoms with Gasteiger partial charge in [-0.1, -0.05) is 42.3 Å². The largest absolute Gasteiger partial charge is 0.353 e. The monoisotopic (exact) mass is 324 g/mol. The van der Waals surface area contributed by atoms with Crippen molar-refractivity contribution in [2.45, 2.75) is 19.8 Å². The molecule has 1 N–H and O–H groups in total. The summed E-state index contributed by atoms with van der Waals surface area (Å²) in [5.41, 5.74) is 2.63. The predicted molar refractivity (Wildman–Crippen MR) is 86.9 cm³/mol. The van der Waals surface area contributed by atoms with Crippen molar-refractivity contribution in [1.29, 1.82) is 5.26 Å². The molecular weight excluding hydrogens is 311 g/mol. The maximum atomic E-state index is 9.49. The van der Waals surface area contributed by atoms with Crippen LogP contribution in [-0.2, 0) is 0 Å². The van der Waals surface area contributed by atoms with Crippen molar-refractivity contribution in [3.63, 3.8) is 0 Å². The third-order valence-corrected chi connectivity index (χ3v) is 4.45. The number of halogens is 2. The molecule has 1 aliphatic rings. The first-order valence-corrected chi connectivity index (χ1v) is 7.98. The molecule has 0 aliphatic carbocycles. The van der Waals surface area contributed by atoms with E-state index in [1.165, 1.54) is 0 Å². The van der Waals surface area contributed by atoms with Gasteiger partial charge in [0.15, 0.2) is 0 Å². The number of hydrogen-bond acceptors (Lipinski definition) is 3. The Morgan fingerprint density at radius 3 is 2.75 bits per heavy atom.